The minimum Gasteiger partial charge on any atom is -0.437 e. The molecule has 0 saturated carbocycles. The van der Waals surface area contributed by atoms with Crippen LogP contribution in [-0.2, 0) is 16.9 Å². The van der Waals surface area contributed by atoms with E-state index in [4.69, 9.17) is 16.3 Å². The second-order valence-electron chi connectivity index (χ2n) is 4.78. The van der Waals surface area contributed by atoms with Crippen molar-refractivity contribution >= 4 is 32.5 Å². The molecule has 3 rings (SSSR count). The van der Waals surface area contributed by atoms with Gasteiger partial charge in [0.25, 0.3) is 0 Å². The molecule has 22 heavy (non-hydrogen) atoms. The van der Waals surface area contributed by atoms with Crippen LogP contribution in [0.25, 0.3) is 11.0 Å². The molecule has 2 aromatic heterocycles. The zero-order chi connectivity index (χ0) is 15.9. The van der Waals surface area contributed by atoms with Crippen molar-refractivity contribution in [3.8, 4) is 11.6 Å². The molecule has 0 aliphatic carbocycles. The number of rotatable bonds is 3. The van der Waals surface area contributed by atoms with Crippen LogP contribution in [0.5, 0.6) is 11.6 Å². The summed E-state index contributed by atoms with van der Waals surface area (Å²) in [7, 11) is -1.60. The van der Waals surface area contributed by atoms with E-state index in [1.54, 1.807) is 35.0 Å². The first-order valence-electron chi connectivity index (χ1n) is 6.32. The van der Waals surface area contributed by atoms with Gasteiger partial charge in [-0.25, -0.2) is 8.42 Å². The second-order valence-corrected chi connectivity index (χ2v) is 7.10. The van der Waals surface area contributed by atoms with Crippen LogP contribution in [0.3, 0.4) is 0 Å². The van der Waals surface area contributed by atoms with Crippen molar-refractivity contribution < 1.29 is 13.2 Å². The Hall–Kier alpha value is -2.12. The molecule has 6 nitrogen and oxygen atoms in total. The third-order valence-corrected chi connectivity index (χ3v) is 4.42. The predicted octanol–water partition coefficient (Wildman–Crippen LogP) is 2.82. The Kier molecular flexibility index (Phi) is 3.54. The molecule has 0 bridgehead atoms. The van der Waals surface area contributed by atoms with E-state index in [9.17, 15) is 8.42 Å². The molecule has 0 N–H and O–H groups in total. The molecule has 3 aromatic rings. The lowest BCUT2D eigenvalue weighted by Crippen LogP contribution is -2.01. The Labute approximate surface area is 132 Å². The molecule has 0 saturated heterocycles. The number of hydrogen-bond acceptors (Lipinski definition) is 5. The summed E-state index contributed by atoms with van der Waals surface area (Å²) < 4.78 is 31.2. The number of hydrogen-bond donors (Lipinski definition) is 0. The van der Waals surface area contributed by atoms with Crippen molar-refractivity contribution in [2.45, 2.75) is 4.90 Å². The van der Waals surface area contributed by atoms with Crippen LogP contribution in [-0.4, -0.2) is 29.2 Å². The first-order chi connectivity index (χ1) is 10.4. The summed E-state index contributed by atoms with van der Waals surface area (Å²) in [4.78, 5) is 8.28. The Morgan fingerprint density at radius 2 is 1.91 bits per heavy atom. The van der Waals surface area contributed by atoms with E-state index >= 15 is 0 Å². The Morgan fingerprint density at radius 3 is 2.64 bits per heavy atom. The monoisotopic (exact) mass is 337 g/mol. The average molecular weight is 338 g/mol. The first kappa shape index (κ1) is 14.8. The Morgan fingerprint density at radius 1 is 1.18 bits per heavy atom. The summed E-state index contributed by atoms with van der Waals surface area (Å²) >= 11 is 5.91. The lowest BCUT2D eigenvalue weighted by molar-refractivity contribution is 0.454. The van der Waals surface area contributed by atoms with Crippen LogP contribution in [0, 0.1) is 0 Å². The number of ether oxygens (including phenoxy) is 1. The molecule has 0 atom stereocenters. The fourth-order valence-electron chi connectivity index (χ4n) is 2.11. The van der Waals surface area contributed by atoms with Gasteiger partial charge in [-0.2, -0.15) is 9.97 Å². The molecule has 0 amide bonds. The standard InChI is InChI=1S/C14H12ClN3O3S/c1-18-8-7-9-12(18)16-14(15)17-13(9)21-10-5-3-4-6-11(10)22(2,19)20/h3-8H,1-2H3. The van der Waals surface area contributed by atoms with Gasteiger partial charge in [0.1, 0.15) is 16.3 Å². The fraction of sp³-hybridized carbons (Fsp3) is 0.143. The molecule has 0 unspecified atom stereocenters. The molecular weight excluding hydrogens is 326 g/mol. The number of benzene rings is 1. The molecule has 0 spiro atoms. The van der Waals surface area contributed by atoms with Crippen LogP contribution in [0.1, 0.15) is 0 Å². The molecule has 0 radical (unpaired) electrons. The van der Waals surface area contributed by atoms with E-state index in [0.717, 1.165) is 6.26 Å². The van der Waals surface area contributed by atoms with Gasteiger partial charge in [0.05, 0.1) is 5.39 Å². The third-order valence-electron chi connectivity index (χ3n) is 3.12. The zero-order valence-corrected chi connectivity index (χ0v) is 13.4. The molecule has 2 heterocycles. The normalized spacial score (nSPS) is 11.8. The summed E-state index contributed by atoms with van der Waals surface area (Å²) in [5.74, 6) is 0.414. The Balaban J connectivity index is 2.16. The molecule has 8 heteroatoms. The molecule has 0 aliphatic heterocycles. The maximum absolute atomic E-state index is 11.8. The molecular formula is C14H12ClN3O3S. The third kappa shape index (κ3) is 2.65. The number of fused-ring (bicyclic) bond motifs is 1. The molecule has 114 valence electrons. The smallest absolute Gasteiger partial charge is 0.233 e. The summed E-state index contributed by atoms with van der Waals surface area (Å²) in [6.45, 7) is 0. The number of nitrogens with zero attached hydrogens (tertiary/aromatic N) is 3. The largest absolute Gasteiger partial charge is 0.437 e. The van der Waals surface area contributed by atoms with Crippen molar-refractivity contribution in [1.82, 2.24) is 14.5 Å². The highest BCUT2D eigenvalue weighted by molar-refractivity contribution is 7.90. The van der Waals surface area contributed by atoms with Crippen molar-refractivity contribution in [3.05, 3.63) is 41.8 Å². The van der Waals surface area contributed by atoms with Crippen molar-refractivity contribution in [3.63, 3.8) is 0 Å². The van der Waals surface area contributed by atoms with Crippen LogP contribution in [0.4, 0.5) is 0 Å². The van der Waals surface area contributed by atoms with Gasteiger partial charge in [-0.05, 0) is 29.8 Å². The number of halogens is 1. The van der Waals surface area contributed by atoms with Gasteiger partial charge < -0.3 is 9.30 Å². The minimum atomic E-state index is -3.42. The molecule has 1 aromatic carbocycles. The highest BCUT2D eigenvalue weighted by Gasteiger charge is 2.17. The van der Waals surface area contributed by atoms with Crippen LogP contribution in [0.2, 0.25) is 5.28 Å². The number of sulfone groups is 1. The summed E-state index contributed by atoms with van der Waals surface area (Å²) in [6, 6.07) is 8.16. The summed E-state index contributed by atoms with van der Waals surface area (Å²) in [5, 5.41) is 0.677. The lowest BCUT2D eigenvalue weighted by atomic mass is 10.3. The van der Waals surface area contributed by atoms with Crippen LogP contribution < -0.4 is 4.74 Å². The SMILES string of the molecule is Cn1ccc2c(Oc3ccccc3S(C)(=O)=O)nc(Cl)nc21. The maximum Gasteiger partial charge on any atom is 0.233 e. The van der Waals surface area contributed by atoms with E-state index in [1.807, 2.05) is 7.05 Å². The fourth-order valence-corrected chi connectivity index (χ4v) is 3.06. The predicted molar refractivity (Wildman–Crippen MR) is 83.1 cm³/mol. The molecule has 0 fully saturated rings. The van der Waals surface area contributed by atoms with Crippen molar-refractivity contribution in [1.29, 1.82) is 0 Å². The van der Waals surface area contributed by atoms with Crippen molar-refractivity contribution in [2.24, 2.45) is 7.05 Å². The van der Waals surface area contributed by atoms with E-state index in [0.29, 0.717) is 11.0 Å². The summed E-state index contributed by atoms with van der Waals surface area (Å²) in [6.07, 6.45) is 2.92. The van der Waals surface area contributed by atoms with E-state index < -0.39 is 9.84 Å². The quantitative estimate of drug-likeness (QED) is 0.687. The van der Waals surface area contributed by atoms with Gasteiger partial charge in [-0.3, -0.25) is 0 Å². The van der Waals surface area contributed by atoms with E-state index in [2.05, 4.69) is 9.97 Å². The van der Waals surface area contributed by atoms with E-state index in [-0.39, 0.29) is 21.8 Å². The first-order valence-corrected chi connectivity index (χ1v) is 8.59. The van der Waals surface area contributed by atoms with Crippen molar-refractivity contribution in [2.75, 3.05) is 6.26 Å². The van der Waals surface area contributed by atoms with Gasteiger partial charge in [0.15, 0.2) is 9.84 Å². The average Bonchev–Trinajstić information content (AvgIpc) is 2.80. The van der Waals surface area contributed by atoms with Gasteiger partial charge in [-0.15, -0.1) is 0 Å². The van der Waals surface area contributed by atoms with Gasteiger partial charge in [-0.1, -0.05) is 12.1 Å². The van der Waals surface area contributed by atoms with Gasteiger partial charge >= 0.3 is 0 Å². The van der Waals surface area contributed by atoms with Crippen LogP contribution >= 0.6 is 11.6 Å². The lowest BCUT2D eigenvalue weighted by Gasteiger charge is -2.10. The van der Waals surface area contributed by atoms with E-state index in [1.165, 1.54) is 6.07 Å². The highest BCUT2D eigenvalue weighted by Crippen LogP contribution is 2.32. The van der Waals surface area contributed by atoms with Gasteiger partial charge in [0, 0.05) is 19.5 Å². The second kappa shape index (κ2) is 5.26. The highest BCUT2D eigenvalue weighted by atomic mass is 35.5. The minimum absolute atomic E-state index is 0.0288. The maximum atomic E-state index is 11.8. The number of aryl methyl sites for hydroxylation is 1. The number of aromatic nitrogens is 3. The zero-order valence-electron chi connectivity index (χ0n) is 11.8. The van der Waals surface area contributed by atoms with Gasteiger partial charge in [0.2, 0.25) is 11.2 Å². The number of para-hydroxylation sites is 1. The molecule has 0 aliphatic rings. The van der Waals surface area contributed by atoms with Crippen LogP contribution in [0.15, 0.2) is 41.4 Å². The topological polar surface area (TPSA) is 74.1 Å². The Bertz CT molecular complexity index is 967. The summed E-state index contributed by atoms with van der Waals surface area (Å²) in [5.41, 5.74) is 0.604.